The molecular weight excluding hydrogens is 368 g/mol. The van der Waals surface area contributed by atoms with Crippen LogP contribution in [0.4, 0.5) is 0 Å². The summed E-state index contributed by atoms with van der Waals surface area (Å²) in [5, 5.41) is 0. The first kappa shape index (κ1) is 21.8. The van der Waals surface area contributed by atoms with E-state index in [2.05, 4.69) is 0 Å². The Morgan fingerprint density at radius 1 is 0.893 bits per heavy atom. The first-order chi connectivity index (χ1) is 13.3. The second kappa shape index (κ2) is 10.2. The van der Waals surface area contributed by atoms with E-state index in [1.54, 1.807) is 6.92 Å². The standard InChI is InChI=1S/C20H26O8/c1-12-17(11-24-10-16-8-6-5-7-9-16)28-20(27-15(4)23)19(26-14(3)22)18(12)25-13(2)21/h5-9,12,17-20H,10-11H2,1-4H3/t12-,17-,18+,19+,20?/m0/s1. The van der Waals surface area contributed by atoms with E-state index >= 15 is 0 Å². The lowest BCUT2D eigenvalue weighted by Crippen LogP contribution is -2.58. The molecule has 1 aliphatic rings. The molecule has 1 unspecified atom stereocenters. The Labute approximate surface area is 164 Å². The van der Waals surface area contributed by atoms with Gasteiger partial charge < -0.3 is 23.7 Å². The number of carbonyl (C=O) groups is 3. The molecule has 1 saturated heterocycles. The van der Waals surface area contributed by atoms with Gasteiger partial charge in [-0.25, -0.2) is 0 Å². The SMILES string of the molecule is CC(=O)OC1O[C@@H](COCc2ccccc2)[C@H](C)[C@@H](OC(C)=O)[C@H]1OC(C)=O. The maximum atomic E-state index is 11.6. The third kappa shape index (κ3) is 6.31. The van der Waals surface area contributed by atoms with Gasteiger partial charge in [0.15, 0.2) is 0 Å². The summed E-state index contributed by atoms with van der Waals surface area (Å²) >= 11 is 0. The lowest BCUT2D eigenvalue weighted by Gasteiger charge is -2.43. The topological polar surface area (TPSA) is 97.4 Å². The van der Waals surface area contributed by atoms with Crippen molar-refractivity contribution in [2.45, 2.75) is 58.9 Å². The number of rotatable bonds is 7. The van der Waals surface area contributed by atoms with E-state index in [1.807, 2.05) is 30.3 Å². The van der Waals surface area contributed by atoms with Gasteiger partial charge >= 0.3 is 17.9 Å². The summed E-state index contributed by atoms with van der Waals surface area (Å²) in [6.45, 7) is 6.04. The van der Waals surface area contributed by atoms with Crippen molar-refractivity contribution >= 4 is 17.9 Å². The van der Waals surface area contributed by atoms with E-state index in [0.717, 1.165) is 5.56 Å². The Morgan fingerprint density at radius 3 is 2.04 bits per heavy atom. The van der Waals surface area contributed by atoms with Crippen molar-refractivity contribution in [3.8, 4) is 0 Å². The van der Waals surface area contributed by atoms with Crippen molar-refractivity contribution in [3.05, 3.63) is 35.9 Å². The Kier molecular flexibility index (Phi) is 7.95. The molecule has 0 bridgehead atoms. The van der Waals surface area contributed by atoms with Crippen molar-refractivity contribution in [1.82, 2.24) is 0 Å². The third-order valence-corrected chi connectivity index (χ3v) is 4.29. The zero-order chi connectivity index (χ0) is 20.7. The molecule has 0 spiro atoms. The lowest BCUT2D eigenvalue weighted by atomic mass is 9.90. The van der Waals surface area contributed by atoms with Crippen LogP contribution in [0.15, 0.2) is 30.3 Å². The predicted molar refractivity (Wildman–Crippen MR) is 96.8 cm³/mol. The number of esters is 3. The molecule has 0 saturated carbocycles. The van der Waals surface area contributed by atoms with E-state index in [4.69, 9.17) is 23.7 Å². The fraction of sp³-hybridized carbons (Fsp3) is 0.550. The minimum absolute atomic E-state index is 0.179. The van der Waals surface area contributed by atoms with Gasteiger partial charge in [-0.1, -0.05) is 37.3 Å². The highest BCUT2D eigenvalue weighted by Gasteiger charge is 2.49. The summed E-state index contributed by atoms with van der Waals surface area (Å²) in [6, 6.07) is 9.61. The van der Waals surface area contributed by atoms with Crippen LogP contribution < -0.4 is 0 Å². The number of hydrogen-bond donors (Lipinski definition) is 0. The molecule has 2 rings (SSSR count). The Hall–Kier alpha value is -2.45. The molecule has 0 amide bonds. The van der Waals surface area contributed by atoms with E-state index in [-0.39, 0.29) is 12.5 Å². The molecule has 5 atom stereocenters. The molecule has 1 fully saturated rings. The van der Waals surface area contributed by atoms with Crippen molar-refractivity contribution in [2.75, 3.05) is 6.61 Å². The van der Waals surface area contributed by atoms with Gasteiger partial charge in [0.1, 0.15) is 6.10 Å². The predicted octanol–water partition coefficient (Wildman–Crippen LogP) is 1.99. The number of ether oxygens (including phenoxy) is 5. The molecular formula is C20H26O8. The van der Waals surface area contributed by atoms with Crippen LogP contribution in [0.2, 0.25) is 0 Å². The van der Waals surface area contributed by atoms with E-state index in [1.165, 1.54) is 20.8 Å². The van der Waals surface area contributed by atoms with Gasteiger partial charge in [-0.3, -0.25) is 14.4 Å². The van der Waals surface area contributed by atoms with E-state index in [9.17, 15) is 14.4 Å². The molecule has 1 aromatic rings. The van der Waals surface area contributed by atoms with Crippen molar-refractivity contribution in [2.24, 2.45) is 5.92 Å². The number of benzene rings is 1. The molecule has 0 aromatic heterocycles. The van der Waals surface area contributed by atoms with Gasteiger partial charge in [-0.05, 0) is 5.56 Å². The first-order valence-electron chi connectivity index (χ1n) is 9.06. The molecule has 28 heavy (non-hydrogen) atoms. The quantitative estimate of drug-likeness (QED) is 0.512. The highest BCUT2D eigenvalue weighted by molar-refractivity contribution is 5.68. The first-order valence-corrected chi connectivity index (χ1v) is 9.06. The van der Waals surface area contributed by atoms with E-state index in [0.29, 0.717) is 6.61 Å². The highest BCUT2D eigenvalue weighted by Crippen LogP contribution is 2.31. The monoisotopic (exact) mass is 394 g/mol. The second-order valence-electron chi connectivity index (χ2n) is 6.66. The highest BCUT2D eigenvalue weighted by atomic mass is 16.7. The molecule has 0 aliphatic carbocycles. The van der Waals surface area contributed by atoms with Crippen LogP contribution in [0.25, 0.3) is 0 Å². The zero-order valence-corrected chi connectivity index (χ0v) is 16.5. The van der Waals surface area contributed by atoms with Gasteiger partial charge in [0.05, 0.1) is 19.3 Å². The summed E-state index contributed by atoms with van der Waals surface area (Å²) in [7, 11) is 0. The molecule has 154 valence electrons. The maximum Gasteiger partial charge on any atom is 0.305 e. The van der Waals surface area contributed by atoms with Crippen molar-refractivity contribution in [1.29, 1.82) is 0 Å². The van der Waals surface area contributed by atoms with Crippen LogP contribution >= 0.6 is 0 Å². The summed E-state index contributed by atoms with van der Waals surface area (Å²) in [4.78, 5) is 34.6. The number of carbonyl (C=O) groups excluding carboxylic acids is 3. The molecule has 0 radical (unpaired) electrons. The van der Waals surface area contributed by atoms with Gasteiger partial charge in [-0.15, -0.1) is 0 Å². The summed E-state index contributed by atoms with van der Waals surface area (Å²) < 4.78 is 27.4. The average Bonchev–Trinajstić information content (AvgIpc) is 2.61. The molecule has 8 nitrogen and oxygen atoms in total. The Morgan fingerprint density at radius 2 is 1.46 bits per heavy atom. The van der Waals surface area contributed by atoms with Gasteiger partial charge in [0, 0.05) is 26.7 Å². The molecule has 1 aromatic carbocycles. The van der Waals surface area contributed by atoms with Crippen LogP contribution in [0.1, 0.15) is 33.3 Å². The van der Waals surface area contributed by atoms with Gasteiger partial charge in [0.25, 0.3) is 0 Å². The Balaban J connectivity index is 2.13. The van der Waals surface area contributed by atoms with Crippen LogP contribution in [0.3, 0.4) is 0 Å². The average molecular weight is 394 g/mol. The lowest BCUT2D eigenvalue weighted by molar-refractivity contribution is -0.287. The molecule has 0 N–H and O–H groups in total. The fourth-order valence-electron chi connectivity index (χ4n) is 3.04. The van der Waals surface area contributed by atoms with Crippen LogP contribution in [0.5, 0.6) is 0 Å². The minimum atomic E-state index is -1.20. The van der Waals surface area contributed by atoms with E-state index < -0.39 is 42.5 Å². The molecule has 1 aliphatic heterocycles. The second-order valence-corrected chi connectivity index (χ2v) is 6.66. The Bertz CT molecular complexity index is 674. The summed E-state index contributed by atoms with van der Waals surface area (Å²) in [5.74, 6) is -2.12. The van der Waals surface area contributed by atoms with Crippen LogP contribution in [-0.2, 0) is 44.7 Å². The fourth-order valence-corrected chi connectivity index (χ4v) is 3.04. The van der Waals surface area contributed by atoms with Gasteiger partial charge in [-0.2, -0.15) is 0 Å². The summed E-state index contributed by atoms with van der Waals surface area (Å²) in [6.07, 6.45) is -3.65. The van der Waals surface area contributed by atoms with Gasteiger partial charge in [0.2, 0.25) is 12.4 Å². The third-order valence-electron chi connectivity index (χ3n) is 4.29. The minimum Gasteiger partial charge on any atom is -0.458 e. The largest absolute Gasteiger partial charge is 0.458 e. The number of hydrogen-bond acceptors (Lipinski definition) is 8. The maximum absolute atomic E-state index is 11.6. The zero-order valence-electron chi connectivity index (χ0n) is 16.5. The molecule has 8 heteroatoms. The normalized spacial score (nSPS) is 26.9. The van der Waals surface area contributed by atoms with Crippen LogP contribution in [0, 0.1) is 5.92 Å². The molecule has 1 heterocycles. The van der Waals surface area contributed by atoms with Crippen molar-refractivity contribution < 1.29 is 38.1 Å². The van der Waals surface area contributed by atoms with Crippen molar-refractivity contribution in [3.63, 3.8) is 0 Å². The van der Waals surface area contributed by atoms with Crippen LogP contribution in [-0.4, -0.2) is 49.1 Å². The summed E-state index contributed by atoms with van der Waals surface area (Å²) in [5.41, 5.74) is 0.997. The smallest absolute Gasteiger partial charge is 0.305 e.